The number of aryl methyl sites for hydroxylation is 1. The van der Waals surface area contributed by atoms with Gasteiger partial charge in [-0.3, -0.25) is 9.59 Å². The van der Waals surface area contributed by atoms with Crippen molar-refractivity contribution < 1.29 is 9.59 Å². The summed E-state index contributed by atoms with van der Waals surface area (Å²) in [5.74, 6) is -1.67. The van der Waals surface area contributed by atoms with E-state index >= 15 is 0 Å². The van der Waals surface area contributed by atoms with Crippen LogP contribution in [-0.4, -0.2) is 27.6 Å². The van der Waals surface area contributed by atoms with Crippen molar-refractivity contribution in [1.29, 1.82) is 0 Å². The smallest absolute Gasteiger partial charge is 0.254 e. The van der Waals surface area contributed by atoms with Crippen molar-refractivity contribution in [3.63, 3.8) is 0 Å². The fourth-order valence-electron chi connectivity index (χ4n) is 6.85. The number of benzene rings is 3. The molecule has 2 amide bonds. The minimum atomic E-state index is -0.452. The Labute approximate surface area is 230 Å². The average molecular weight is 540 g/mol. The third-order valence-corrected chi connectivity index (χ3v) is 9.19. The molecule has 4 aromatic rings. The van der Waals surface area contributed by atoms with Crippen LogP contribution in [0.1, 0.15) is 51.0 Å². The Kier molecular flexibility index (Phi) is 5.19. The third-order valence-electron chi connectivity index (χ3n) is 8.38. The molecule has 0 radical (unpaired) electrons. The number of hydrogen-bond donors (Lipinski definition) is 0. The summed E-state index contributed by atoms with van der Waals surface area (Å²) in [4.78, 5) is 27.6. The Bertz CT molecular complexity index is 1590. The van der Waals surface area contributed by atoms with E-state index in [1.54, 1.807) is 12.3 Å². The highest BCUT2D eigenvalue weighted by molar-refractivity contribution is 6.43. The van der Waals surface area contributed by atoms with Gasteiger partial charge in [0.05, 0.1) is 33.8 Å². The van der Waals surface area contributed by atoms with E-state index in [2.05, 4.69) is 29.4 Å². The van der Waals surface area contributed by atoms with Gasteiger partial charge in [0.2, 0.25) is 0 Å². The molecule has 8 rings (SSSR count). The van der Waals surface area contributed by atoms with Gasteiger partial charge in [-0.2, -0.15) is 10.1 Å². The lowest BCUT2D eigenvalue weighted by atomic mass is 9.55. The first-order valence-electron chi connectivity index (χ1n) is 12.6. The van der Waals surface area contributed by atoms with Crippen molar-refractivity contribution in [2.24, 2.45) is 16.9 Å². The van der Waals surface area contributed by atoms with E-state index < -0.39 is 11.8 Å². The van der Waals surface area contributed by atoms with Crippen molar-refractivity contribution in [2.45, 2.75) is 25.7 Å². The van der Waals surface area contributed by atoms with Crippen molar-refractivity contribution in [1.82, 2.24) is 9.58 Å². The summed E-state index contributed by atoms with van der Waals surface area (Å²) in [6.07, 6.45) is 1.60. The van der Waals surface area contributed by atoms with Crippen LogP contribution in [0, 0.1) is 25.7 Å². The number of nitrogens with zero attached hydrogens (tertiary/aromatic N) is 3. The Morgan fingerprint density at radius 1 is 0.763 bits per heavy atom. The van der Waals surface area contributed by atoms with Gasteiger partial charge < -0.3 is 4.57 Å². The molecule has 2 bridgehead atoms. The summed E-state index contributed by atoms with van der Waals surface area (Å²) in [5.41, 5.74) is 7.95. The van der Waals surface area contributed by atoms with Crippen LogP contribution in [0.15, 0.2) is 77.9 Å². The van der Waals surface area contributed by atoms with Gasteiger partial charge in [-0.25, -0.2) is 0 Å². The van der Waals surface area contributed by atoms with Crippen LogP contribution in [0.2, 0.25) is 10.0 Å². The number of halogens is 2. The molecule has 3 aliphatic carbocycles. The summed E-state index contributed by atoms with van der Waals surface area (Å²) in [5, 5.41) is 6.52. The van der Waals surface area contributed by atoms with E-state index in [9.17, 15) is 9.59 Å². The van der Waals surface area contributed by atoms with Gasteiger partial charge in [0.1, 0.15) is 0 Å². The molecule has 7 heteroatoms. The van der Waals surface area contributed by atoms with E-state index in [1.165, 1.54) is 0 Å². The Hall–Kier alpha value is -3.67. The number of aromatic nitrogens is 1. The van der Waals surface area contributed by atoms with Crippen molar-refractivity contribution in [3.05, 3.63) is 122 Å². The molecular formula is C31H23Cl2N3O2. The maximum Gasteiger partial charge on any atom is 0.254 e. The van der Waals surface area contributed by atoms with Crippen LogP contribution in [0.4, 0.5) is 0 Å². The number of hydrazone groups is 1. The Balaban J connectivity index is 1.27. The quantitative estimate of drug-likeness (QED) is 0.217. The highest BCUT2D eigenvalue weighted by Gasteiger charge is 2.61. The predicted molar refractivity (Wildman–Crippen MR) is 148 cm³/mol. The zero-order valence-electron chi connectivity index (χ0n) is 20.7. The topological polar surface area (TPSA) is 54.7 Å². The van der Waals surface area contributed by atoms with E-state index in [1.807, 2.05) is 60.9 Å². The first-order valence-corrected chi connectivity index (χ1v) is 13.4. The molecule has 2 atom stereocenters. The molecule has 2 heterocycles. The van der Waals surface area contributed by atoms with E-state index in [-0.39, 0.29) is 23.7 Å². The monoisotopic (exact) mass is 539 g/mol. The fourth-order valence-corrected chi connectivity index (χ4v) is 7.23. The molecule has 1 aromatic heterocycles. The number of carbonyl (C=O) groups is 2. The van der Waals surface area contributed by atoms with Gasteiger partial charge in [-0.15, -0.1) is 0 Å². The molecule has 1 fully saturated rings. The maximum atomic E-state index is 13.8. The van der Waals surface area contributed by atoms with Crippen LogP contribution >= 0.6 is 23.2 Å². The number of amides is 2. The van der Waals surface area contributed by atoms with Crippen molar-refractivity contribution >= 4 is 41.2 Å². The SMILES string of the molecule is Cc1cc(/C=N\N2C(=O)[C@@H]3C4c5ccccc5C(c5ccccc54)[C@H]3C2=O)c(C)n1-c1cccc(Cl)c1Cl. The lowest BCUT2D eigenvalue weighted by Crippen LogP contribution is -2.41. The second-order valence-corrected chi connectivity index (χ2v) is 11.0. The third kappa shape index (κ3) is 3.09. The summed E-state index contributed by atoms with van der Waals surface area (Å²) in [7, 11) is 0. The summed E-state index contributed by atoms with van der Waals surface area (Å²) >= 11 is 12.8. The zero-order valence-corrected chi connectivity index (χ0v) is 22.2. The molecule has 0 saturated carbocycles. The first kappa shape index (κ1) is 23.4. The number of hydrogen-bond acceptors (Lipinski definition) is 3. The maximum absolute atomic E-state index is 13.8. The van der Waals surface area contributed by atoms with Crippen LogP contribution in [0.3, 0.4) is 0 Å². The van der Waals surface area contributed by atoms with E-state index in [4.69, 9.17) is 23.2 Å². The molecular weight excluding hydrogens is 517 g/mol. The van der Waals surface area contributed by atoms with Gasteiger partial charge >= 0.3 is 0 Å². The van der Waals surface area contributed by atoms with Gasteiger partial charge in [0, 0.05) is 28.8 Å². The van der Waals surface area contributed by atoms with E-state index in [0.717, 1.165) is 49.9 Å². The number of imide groups is 1. The van der Waals surface area contributed by atoms with Gasteiger partial charge in [0.15, 0.2) is 0 Å². The number of carbonyl (C=O) groups excluding carboxylic acids is 2. The van der Waals surface area contributed by atoms with Crippen LogP contribution < -0.4 is 0 Å². The van der Waals surface area contributed by atoms with Crippen LogP contribution in [0.5, 0.6) is 0 Å². The molecule has 0 unspecified atom stereocenters. The summed E-state index contributed by atoms with van der Waals surface area (Å²) in [6.45, 7) is 3.92. The molecule has 4 aliphatic rings. The van der Waals surface area contributed by atoms with Crippen molar-refractivity contribution in [2.75, 3.05) is 0 Å². The minimum absolute atomic E-state index is 0.149. The summed E-state index contributed by atoms with van der Waals surface area (Å²) < 4.78 is 2.00. The summed E-state index contributed by atoms with van der Waals surface area (Å²) in [6, 6.07) is 23.9. The van der Waals surface area contributed by atoms with E-state index in [0.29, 0.717) is 10.0 Å². The average Bonchev–Trinajstić information content (AvgIpc) is 3.35. The minimum Gasteiger partial charge on any atom is -0.316 e. The fraction of sp³-hybridized carbons (Fsp3) is 0.194. The van der Waals surface area contributed by atoms with Gasteiger partial charge in [-0.1, -0.05) is 77.8 Å². The Morgan fingerprint density at radius 2 is 1.29 bits per heavy atom. The molecule has 3 aromatic carbocycles. The lowest BCUT2D eigenvalue weighted by Gasteiger charge is -2.45. The molecule has 0 spiro atoms. The van der Waals surface area contributed by atoms with Crippen LogP contribution in [-0.2, 0) is 9.59 Å². The van der Waals surface area contributed by atoms with Crippen LogP contribution in [0.25, 0.3) is 5.69 Å². The molecule has 0 N–H and O–H groups in total. The van der Waals surface area contributed by atoms with Gasteiger partial charge in [-0.05, 0) is 54.3 Å². The largest absolute Gasteiger partial charge is 0.316 e. The molecule has 38 heavy (non-hydrogen) atoms. The molecule has 1 saturated heterocycles. The highest BCUT2D eigenvalue weighted by atomic mass is 35.5. The van der Waals surface area contributed by atoms with Gasteiger partial charge in [0.25, 0.3) is 11.8 Å². The normalized spacial score (nSPS) is 23.2. The highest BCUT2D eigenvalue weighted by Crippen LogP contribution is 2.61. The lowest BCUT2D eigenvalue weighted by molar-refractivity contribution is -0.139. The molecule has 5 nitrogen and oxygen atoms in total. The predicted octanol–water partition coefficient (Wildman–Crippen LogP) is 6.63. The number of rotatable bonds is 3. The zero-order chi connectivity index (χ0) is 26.3. The standard InChI is InChI=1S/C31H23Cl2N3O2/c1-16-14-18(17(2)35(16)24-13-7-12-23(32)29(24)33)15-34-36-30(37)27-25-19-8-3-4-9-20(19)26(28(27)31(36)38)22-11-6-5-10-21(22)25/h3-15,25-28H,1-2H3/b34-15-/t25?,26?,27-,28-/m1/s1. The second-order valence-electron chi connectivity index (χ2n) is 10.2. The van der Waals surface area contributed by atoms with Crippen molar-refractivity contribution in [3.8, 4) is 5.69 Å². The Morgan fingerprint density at radius 3 is 1.82 bits per heavy atom. The molecule has 188 valence electrons. The second kappa shape index (κ2) is 8.42. The molecule has 1 aliphatic heterocycles. The first-order chi connectivity index (χ1) is 18.4.